The van der Waals surface area contributed by atoms with Gasteiger partial charge < -0.3 is 20.7 Å². The maximum absolute atomic E-state index is 9.89. The second kappa shape index (κ2) is 13.6. The Kier molecular flexibility index (Phi) is 13.0. The molecule has 0 atom stereocenters. The van der Waals surface area contributed by atoms with Crippen LogP contribution >= 0.6 is 0 Å². The smallest absolute Gasteiger partial charge is 0.157 e. The summed E-state index contributed by atoms with van der Waals surface area (Å²) in [5, 5.41) is 9.38. The standard InChI is InChI=1S/C6H13N3O3.C6H14N2O.H2O/c10-9(11)7-1-2-8-3-5-12-6-4-8;7-1-2-8-3-5-9-6-4-8;/h7H,1-6H2;1-7H2;1H2. The Morgan fingerprint density at radius 1 is 1.00 bits per heavy atom. The lowest BCUT2D eigenvalue weighted by molar-refractivity contribution is -0.544. The summed E-state index contributed by atoms with van der Waals surface area (Å²) in [6.07, 6.45) is 0. The summed E-state index contributed by atoms with van der Waals surface area (Å²) in [5.74, 6) is 0. The van der Waals surface area contributed by atoms with E-state index in [9.17, 15) is 10.1 Å². The Balaban J connectivity index is 0.000000397. The lowest BCUT2D eigenvalue weighted by Gasteiger charge is -2.25. The van der Waals surface area contributed by atoms with Crippen LogP contribution in [0.4, 0.5) is 0 Å². The van der Waals surface area contributed by atoms with Crippen molar-refractivity contribution in [3.05, 3.63) is 10.1 Å². The monoisotopic (exact) mass is 323 g/mol. The van der Waals surface area contributed by atoms with E-state index in [1.807, 2.05) is 0 Å². The number of nitrogens with two attached hydrogens (primary N) is 1. The van der Waals surface area contributed by atoms with Crippen molar-refractivity contribution in [2.45, 2.75) is 0 Å². The molecule has 0 saturated carbocycles. The van der Waals surface area contributed by atoms with Gasteiger partial charge in [-0.05, 0) is 0 Å². The van der Waals surface area contributed by atoms with Gasteiger partial charge in [-0.1, -0.05) is 0 Å². The van der Waals surface area contributed by atoms with Crippen LogP contribution in [-0.2, 0) is 9.47 Å². The number of hydrazine groups is 1. The molecular formula is C12H29N5O5. The molecule has 2 heterocycles. The van der Waals surface area contributed by atoms with Crippen molar-refractivity contribution in [1.29, 1.82) is 0 Å². The van der Waals surface area contributed by atoms with Crippen LogP contribution in [0.3, 0.4) is 0 Å². The van der Waals surface area contributed by atoms with Gasteiger partial charge in [-0.2, -0.15) is 0 Å². The van der Waals surface area contributed by atoms with Gasteiger partial charge in [0.15, 0.2) is 5.03 Å². The number of nitrogens with one attached hydrogen (secondary N) is 1. The van der Waals surface area contributed by atoms with Gasteiger partial charge in [-0.25, -0.2) is 10.1 Å². The van der Waals surface area contributed by atoms with Crippen LogP contribution in [0.25, 0.3) is 0 Å². The van der Waals surface area contributed by atoms with Gasteiger partial charge in [-0.15, -0.1) is 5.43 Å². The predicted molar refractivity (Wildman–Crippen MR) is 82.2 cm³/mol. The largest absolute Gasteiger partial charge is 0.412 e. The van der Waals surface area contributed by atoms with Gasteiger partial charge in [0.25, 0.3) is 0 Å². The zero-order valence-corrected chi connectivity index (χ0v) is 13.0. The van der Waals surface area contributed by atoms with E-state index >= 15 is 0 Å². The molecule has 10 heteroatoms. The quantitative estimate of drug-likeness (QED) is 0.406. The summed E-state index contributed by atoms with van der Waals surface area (Å²) >= 11 is 0. The Morgan fingerprint density at radius 3 is 1.86 bits per heavy atom. The fourth-order valence-electron chi connectivity index (χ4n) is 2.13. The minimum Gasteiger partial charge on any atom is -0.412 e. The van der Waals surface area contributed by atoms with Gasteiger partial charge in [0, 0.05) is 45.8 Å². The molecule has 5 N–H and O–H groups in total. The highest BCUT2D eigenvalue weighted by Gasteiger charge is 2.10. The normalized spacial score (nSPS) is 19.5. The van der Waals surface area contributed by atoms with Crippen molar-refractivity contribution >= 4 is 0 Å². The van der Waals surface area contributed by atoms with E-state index in [0.29, 0.717) is 13.1 Å². The maximum atomic E-state index is 9.89. The third-order valence-electron chi connectivity index (χ3n) is 3.32. The minimum absolute atomic E-state index is 0. The van der Waals surface area contributed by atoms with E-state index in [-0.39, 0.29) is 5.48 Å². The highest BCUT2D eigenvalue weighted by Crippen LogP contribution is 1.94. The van der Waals surface area contributed by atoms with E-state index in [2.05, 4.69) is 15.2 Å². The second-order valence-electron chi connectivity index (χ2n) is 4.86. The van der Waals surface area contributed by atoms with Crippen LogP contribution in [-0.4, -0.2) is 99.1 Å². The van der Waals surface area contributed by atoms with E-state index in [1.165, 1.54) is 0 Å². The molecule has 22 heavy (non-hydrogen) atoms. The lowest BCUT2D eigenvalue weighted by Crippen LogP contribution is -2.41. The predicted octanol–water partition coefficient (Wildman–Crippen LogP) is -2.45. The molecular weight excluding hydrogens is 294 g/mol. The summed E-state index contributed by atoms with van der Waals surface area (Å²) in [5.41, 5.74) is 7.51. The fraction of sp³-hybridized carbons (Fsp3) is 1.00. The number of hydrogen-bond acceptors (Lipinski definition) is 7. The van der Waals surface area contributed by atoms with Crippen molar-refractivity contribution in [2.75, 3.05) is 78.8 Å². The van der Waals surface area contributed by atoms with E-state index in [0.717, 1.165) is 65.7 Å². The Morgan fingerprint density at radius 2 is 1.45 bits per heavy atom. The Hall–Kier alpha value is -1.04. The van der Waals surface area contributed by atoms with Crippen molar-refractivity contribution in [3.8, 4) is 0 Å². The van der Waals surface area contributed by atoms with E-state index < -0.39 is 5.03 Å². The molecule has 2 aliphatic heterocycles. The molecule has 2 aliphatic rings. The number of morpholine rings is 2. The first kappa shape index (κ1) is 21.0. The molecule has 0 aliphatic carbocycles. The van der Waals surface area contributed by atoms with Crippen molar-refractivity contribution in [3.63, 3.8) is 0 Å². The zero-order chi connectivity index (χ0) is 15.3. The van der Waals surface area contributed by atoms with Gasteiger partial charge in [0.1, 0.15) is 0 Å². The molecule has 0 unspecified atom stereocenters. The molecule has 0 aromatic rings. The molecule has 0 amide bonds. The summed E-state index contributed by atoms with van der Waals surface area (Å²) in [6, 6.07) is 0. The summed E-state index contributed by atoms with van der Waals surface area (Å²) in [4.78, 5) is 14.4. The first-order valence-electron chi connectivity index (χ1n) is 7.40. The topological polar surface area (TPSA) is 138 Å². The molecule has 0 bridgehead atoms. The van der Waals surface area contributed by atoms with Crippen LogP contribution in [0, 0.1) is 10.1 Å². The molecule has 2 saturated heterocycles. The number of hydrogen-bond donors (Lipinski definition) is 2. The molecule has 0 spiro atoms. The molecule has 0 radical (unpaired) electrons. The first-order valence-corrected chi connectivity index (χ1v) is 7.40. The van der Waals surface area contributed by atoms with Gasteiger partial charge >= 0.3 is 0 Å². The van der Waals surface area contributed by atoms with Crippen LogP contribution in [0.1, 0.15) is 0 Å². The third kappa shape index (κ3) is 10.7. The van der Waals surface area contributed by atoms with Crippen LogP contribution < -0.4 is 11.2 Å². The molecule has 0 aromatic carbocycles. The number of nitro groups is 1. The maximum Gasteiger partial charge on any atom is 0.157 e. The van der Waals surface area contributed by atoms with Crippen LogP contribution in [0.5, 0.6) is 0 Å². The van der Waals surface area contributed by atoms with Gasteiger partial charge in [-0.3, -0.25) is 9.80 Å². The van der Waals surface area contributed by atoms with Gasteiger partial charge in [0.05, 0.1) is 33.0 Å². The first-order chi connectivity index (χ1) is 10.2. The molecule has 2 rings (SSSR count). The molecule has 0 aromatic heterocycles. The average molecular weight is 323 g/mol. The molecule has 2 fully saturated rings. The third-order valence-corrected chi connectivity index (χ3v) is 3.32. The van der Waals surface area contributed by atoms with Crippen LogP contribution in [0.15, 0.2) is 0 Å². The lowest BCUT2D eigenvalue weighted by atomic mass is 10.4. The summed E-state index contributed by atoms with van der Waals surface area (Å²) < 4.78 is 10.3. The highest BCUT2D eigenvalue weighted by atomic mass is 16.7. The minimum atomic E-state index is -0.513. The number of rotatable bonds is 6. The van der Waals surface area contributed by atoms with E-state index in [4.69, 9.17) is 15.2 Å². The van der Waals surface area contributed by atoms with Crippen LogP contribution in [0.2, 0.25) is 0 Å². The molecule has 132 valence electrons. The fourth-order valence-corrected chi connectivity index (χ4v) is 2.13. The van der Waals surface area contributed by atoms with Crippen molar-refractivity contribution in [2.24, 2.45) is 5.73 Å². The average Bonchev–Trinajstić information content (AvgIpc) is 2.50. The second-order valence-corrected chi connectivity index (χ2v) is 4.86. The zero-order valence-electron chi connectivity index (χ0n) is 13.0. The molecule has 10 nitrogen and oxygen atoms in total. The van der Waals surface area contributed by atoms with Crippen molar-refractivity contribution in [1.82, 2.24) is 15.2 Å². The number of ether oxygens (including phenoxy) is 2. The SMILES string of the molecule is NCCN1CCOCC1.O.O=[N+]([O-])NCCN1CCOCC1. The Labute approximate surface area is 130 Å². The number of nitrogens with zero attached hydrogens (tertiary/aromatic N) is 3. The summed E-state index contributed by atoms with van der Waals surface area (Å²) in [7, 11) is 0. The van der Waals surface area contributed by atoms with E-state index in [1.54, 1.807) is 0 Å². The highest BCUT2D eigenvalue weighted by molar-refractivity contribution is 4.61. The van der Waals surface area contributed by atoms with Crippen molar-refractivity contribution < 1.29 is 20.0 Å². The van der Waals surface area contributed by atoms with Gasteiger partial charge in [0.2, 0.25) is 0 Å². The summed E-state index contributed by atoms with van der Waals surface area (Å²) in [6.45, 7) is 9.96. The Bertz CT molecular complexity index is 270.